The Kier molecular flexibility index (Phi) is 4.32. The molecule has 1 aliphatic heterocycles. The number of ether oxygens (including phenoxy) is 1. The van der Waals surface area contributed by atoms with E-state index in [2.05, 4.69) is 33.8 Å². The zero-order valence-electron chi connectivity index (χ0n) is 12.8. The van der Waals surface area contributed by atoms with Crippen LogP contribution in [0.1, 0.15) is 37.7 Å². The average Bonchev–Trinajstić information content (AvgIpc) is 3.04. The molecule has 0 atom stereocenters. The van der Waals surface area contributed by atoms with Gasteiger partial charge in [-0.05, 0) is 37.0 Å². The number of benzene rings is 1. The maximum atomic E-state index is 5.40. The summed E-state index contributed by atoms with van der Waals surface area (Å²) in [5.41, 5.74) is 1.61. The van der Waals surface area contributed by atoms with Crippen LogP contribution in [0.2, 0.25) is 0 Å². The highest BCUT2D eigenvalue weighted by Gasteiger charge is 2.36. The van der Waals surface area contributed by atoms with Crippen molar-refractivity contribution in [1.29, 1.82) is 0 Å². The zero-order chi connectivity index (χ0) is 14.5. The second-order valence-electron chi connectivity index (χ2n) is 6.08. The number of rotatable bonds is 4. The van der Waals surface area contributed by atoms with Crippen molar-refractivity contribution in [1.82, 2.24) is 10.6 Å². The average molecular weight is 287 g/mol. The molecule has 0 radical (unpaired) electrons. The molecule has 1 aliphatic carbocycles. The Bertz CT molecular complexity index is 507. The third-order valence-corrected chi connectivity index (χ3v) is 4.73. The topological polar surface area (TPSA) is 45.6 Å². The molecule has 1 saturated carbocycles. The van der Waals surface area contributed by atoms with Crippen LogP contribution >= 0.6 is 0 Å². The lowest BCUT2D eigenvalue weighted by Crippen LogP contribution is -2.46. The normalized spacial score (nSPS) is 20.5. The first kappa shape index (κ1) is 14.2. The molecule has 2 aliphatic rings. The molecule has 3 rings (SSSR count). The standard InChI is InChI=1S/C17H25N3O/c1-21-15-7-4-6-14(12-15)17(8-2-3-9-17)13-20-16-18-10-5-11-19-16/h4,6-7,12H,2-3,5,8-11,13H2,1H3,(H2,18,19,20). The van der Waals surface area contributed by atoms with Gasteiger partial charge in [0.15, 0.2) is 5.96 Å². The Balaban J connectivity index is 1.76. The lowest BCUT2D eigenvalue weighted by molar-refractivity contribution is 0.403. The summed E-state index contributed by atoms with van der Waals surface area (Å²) in [6.07, 6.45) is 6.21. The van der Waals surface area contributed by atoms with Crippen molar-refractivity contribution in [3.05, 3.63) is 29.8 Å². The molecule has 4 nitrogen and oxygen atoms in total. The number of methoxy groups -OCH3 is 1. The fraction of sp³-hybridized carbons (Fsp3) is 0.588. The van der Waals surface area contributed by atoms with Crippen LogP contribution in [0.5, 0.6) is 5.75 Å². The number of nitrogens with zero attached hydrogens (tertiary/aromatic N) is 1. The van der Waals surface area contributed by atoms with E-state index in [0.717, 1.165) is 37.8 Å². The Morgan fingerprint density at radius 3 is 2.86 bits per heavy atom. The number of nitrogens with one attached hydrogen (secondary N) is 2. The van der Waals surface area contributed by atoms with Gasteiger partial charge in [0.1, 0.15) is 5.75 Å². The molecular weight excluding hydrogens is 262 g/mol. The van der Waals surface area contributed by atoms with Gasteiger partial charge in [-0.25, -0.2) is 0 Å². The first-order valence-corrected chi connectivity index (χ1v) is 7.99. The predicted molar refractivity (Wildman–Crippen MR) is 86.1 cm³/mol. The molecule has 0 spiro atoms. The molecule has 1 fully saturated rings. The minimum atomic E-state index is 0.218. The summed E-state index contributed by atoms with van der Waals surface area (Å²) < 4.78 is 5.40. The van der Waals surface area contributed by atoms with Crippen molar-refractivity contribution in [2.75, 3.05) is 26.7 Å². The summed E-state index contributed by atoms with van der Waals surface area (Å²) in [6.45, 7) is 2.91. The van der Waals surface area contributed by atoms with Gasteiger partial charge in [-0.1, -0.05) is 25.0 Å². The van der Waals surface area contributed by atoms with Gasteiger partial charge in [-0.3, -0.25) is 4.99 Å². The number of hydrogen-bond donors (Lipinski definition) is 2. The molecule has 0 bridgehead atoms. The Labute approximate surface area is 127 Å². The van der Waals surface area contributed by atoms with Crippen molar-refractivity contribution in [2.45, 2.75) is 37.5 Å². The lowest BCUT2D eigenvalue weighted by atomic mass is 9.78. The van der Waals surface area contributed by atoms with Gasteiger partial charge in [0.2, 0.25) is 0 Å². The maximum absolute atomic E-state index is 5.40. The molecule has 0 aromatic heterocycles. The summed E-state index contributed by atoms with van der Waals surface area (Å²) in [4.78, 5) is 4.52. The smallest absolute Gasteiger partial charge is 0.191 e. The zero-order valence-corrected chi connectivity index (χ0v) is 12.8. The van der Waals surface area contributed by atoms with E-state index >= 15 is 0 Å². The molecule has 114 valence electrons. The van der Waals surface area contributed by atoms with Gasteiger partial charge >= 0.3 is 0 Å². The van der Waals surface area contributed by atoms with Crippen molar-refractivity contribution in [2.24, 2.45) is 4.99 Å². The molecule has 0 amide bonds. The molecule has 4 heteroatoms. The molecule has 1 aromatic carbocycles. The summed E-state index contributed by atoms with van der Waals surface area (Å²) in [5, 5.41) is 6.89. The van der Waals surface area contributed by atoms with E-state index < -0.39 is 0 Å². The summed E-state index contributed by atoms with van der Waals surface area (Å²) in [5.74, 6) is 1.92. The first-order valence-electron chi connectivity index (χ1n) is 7.99. The molecular formula is C17H25N3O. The summed E-state index contributed by atoms with van der Waals surface area (Å²) >= 11 is 0. The lowest BCUT2D eigenvalue weighted by Gasteiger charge is -2.31. The Hall–Kier alpha value is -1.71. The van der Waals surface area contributed by atoms with Gasteiger partial charge in [-0.2, -0.15) is 0 Å². The van der Waals surface area contributed by atoms with E-state index in [9.17, 15) is 0 Å². The fourth-order valence-electron chi connectivity index (χ4n) is 3.48. The van der Waals surface area contributed by atoms with E-state index in [1.54, 1.807) is 7.11 Å². The van der Waals surface area contributed by atoms with Crippen molar-refractivity contribution >= 4 is 5.96 Å². The van der Waals surface area contributed by atoms with Crippen LogP contribution in [-0.4, -0.2) is 32.7 Å². The van der Waals surface area contributed by atoms with Gasteiger partial charge in [-0.15, -0.1) is 0 Å². The van der Waals surface area contributed by atoms with Crippen LogP contribution in [0.4, 0.5) is 0 Å². The molecule has 1 heterocycles. The van der Waals surface area contributed by atoms with E-state index in [0.29, 0.717) is 0 Å². The molecule has 1 aromatic rings. The van der Waals surface area contributed by atoms with E-state index in [1.165, 1.54) is 31.2 Å². The monoisotopic (exact) mass is 287 g/mol. The quantitative estimate of drug-likeness (QED) is 0.894. The molecule has 0 saturated heterocycles. The van der Waals surface area contributed by atoms with Crippen LogP contribution < -0.4 is 15.4 Å². The Morgan fingerprint density at radius 1 is 1.29 bits per heavy atom. The van der Waals surface area contributed by atoms with E-state index in [1.807, 2.05) is 6.07 Å². The Morgan fingerprint density at radius 2 is 2.14 bits per heavy atom. The third kappa shape index (κ3) is 3.14. The largest absolute Gasteiger partial charge is 0.497 e. The van der Waals surface area contributed by atoms with Crippen LogP contribution in [0.15, 0.2) is 29.3 Å². The number of aliphatic imine (C=N–C) groups is 1. The van der Waals surface area contributed by atoms with E-state index in [-0.39, 0.29) is 5.41 Å². The van der Waals surface area contributed by atoms with Crippen LogP contribution in [0.25, 0.3) is 0 Å². The number of hydrogen-bond acceptors (Lipinski definition) is 4. The van der Waals surface area contributed by atoms with Crippen LogP contribution in [0, 0.1) is 0 Å². The van der Waals surface area contributed by atoms with E-state index in [4.69, 9.17) is 4.74 Å². The van der Waals surface area contributed by atoms with Gasteiger partial charge in [0.05, 0.1) is 7.11 Å². The van der Waals surface area contributed by atoms with Crippen LogP contribution in [0.3, 0.4) is 0 Å². The van der Waals surface area contributed by atoms with Crippen molar-refractivity contribution < 1.29 is 4.74 Å². The molecule has 21 heavy (non-hydrogen) atoms. The molecule has 0 unspecified atom stereocenters. The fourth-order valence-corrected chi connectivity index (χ4v) is 3.48. The third-order valence-electron chi connectivity index (χ3n) is 4.73. The van der Waals surface area contributed by atoms with Gasteiger partial charge in [0, 0.05) is 25.0 Å². The highest BCUT2D eigenvalue weighted by molar-refractivity contribution is 5.80. The van der Waals surface area contributed by atoms with Crippen molar-refractivity contribution in [3.63, 3.8) is 0 Å². The second kappa shape index (κ2) is 6.37. The predicted octanol–water partition coefficient (Wildman–Crippen LogP) is 2.45. The second-order valence-corrected chi connectivity index (χ2v) is 6.08. The van der Waals surface area contributed by atoms with Gasteiger partial charge < -0.3 is 15.4 Å². The minimum Gasteiger partial charge on any atom is -0.497 e. The number of guanidine groups is 1. The molecule has 2 N–H and O–H groups in total. The highest BCUT2D eigenvalue weighted by atomic mass is 16.5. The van der Waals surface area contributed by atoms with Crippen molar-refractivity contribution in [3.8, 4) is 5.75 Å². The van der Waals surface area contributed by atoms with Crippen LogP contribution in [-0.2, 0) is 5.41 Å². The minimum absolute atomic E-state index is 0.218. The summed E-state index contributed by atoms with van der Waals surface area (Å²) in [6, 6.07) is 8.56. The highest BCUT2D eigenvalue weighted by Crippen LogP contribution is 2.41. The first-order chi connectivity index (χ1) is 10.3. The maximum Gasteiger partial charge on any atom is 0.191 e. The van der Waals surface area contributed by atoms with Gasteiger partial charge in [0.25, 0.3) is 0 Å². The summed E-state index contributed by atoms with van der Waals surface area (Å²) in [7, 11) is 1.74. The SMILES string of the molecule is COc1cccc(C2(CNC3=NCCCN3)CCCC2)c1.